The van der Waals surface area contributed by atoms with E-state index in [-0.39, 0.29) is 5.88 Å². The van der Waals surface area contributed by atoms with Crippen molar-refractivity contribution in [3.8, 4) is 0 Å². The van der Waals surface area contributed by atoms with Crippen molar-refractivity contribution in [2.45, 2.75) is 13.8 Å². The Labute approximate surface area is 142 Å². The van der Waals surface area contributed by atoms with Crippen LogP contribution in [-0.4, -0.2) is 17.1 Å². The quantitative estimate of drug-likeness (QED) is 0.395. The van der Waals surface area contributed by atoms with Crippen LogP contribution in [0.5, 0.6) is 0 Å². The van der Waals surface area contributed by atoms with Crippen molar-refractivity contribution in [1.82, 2.24) is 4.72 Å². The van der Waals surface area contributed by atoms with Crippen LogP contribution in [0.25, 0.3) is 5.70 Å². The van der Waals surface area contributed by atoms with Crippen LogP contribution in [-0.2, 0) is 0 Å². The van der Waals surface area contributed by atoms with Gasteiger partial charge in [-0.3, -0.25) is 14.8 Å². The Morgan fingerprint density at radius 1 is 1.25 bits per heavy atom. The van der Waals surface area contributed by atoms with Crippen LogP contribution in [0.15, 0.2) is 55.7 Å². The van der Waals surface area contributed by atoms with Crippen LogP contribution in [0.4, 0.5) is 5.88 Å². The largest absolute Gasteiger partial charge is 0.433 e. The molecule has 0 saturated carbocycles. The first-order valence-electron chi connectivity index (χ1n) is 7.10. The molecule has 2 heterocycles. The van der Waals surface area contributed by atoms with E-state index in [1.54, 1.807) is 0 Å². The molecule has 0 saturated heterocycles. The maximum absolute atomic E-state index is 10.6. The second-order valence-corrected chi connectivity index (χ2v) is 6.12. The molecular weight excluding hydrogens is 328 g/mol. The zero-order valence-corrected chi connectivity index (χ0v) is 13.8. The molecule has 0 amide bonds. The first-order valence-corrected chi connectivity index (χ1v) is 7.92. The van der Waals surface area contributed by atoms with Gasteiger partial charge >= 0.3 is 5.88 Å². The summed E-state index contributed by atoms with van der Waals surface area (Å²) >= 11 is 1.42. The molecule has 2 aromatic rings. The summed E-state index contributed by atoms with van der Waals surface area (Å²) in [5.74, 6) is 0.375. The Morgan fingerprint density at radius 2 is 2.00 bits per heavy atom. The zero-order valence-electron chi connectivity index (χ0n) is 13.0. The number of allylic oxidation sites excluding steroid dienone is 1. The third kappa shape index (κ3) is 3.54. The SMILES string of the molecule is CC1=C(c2ccc(C)cc2)N=C(/N=C/c2ccc([N+](=O)[O-])o2)NS1. The minimum Gasteiger partial charge on any atom is -0.400 e. The number of furan rings is 1. The van der Waals surface area contributed by atoms with Crippen molar-refractivity contribution in [2.75, 3.05) is 0 Å². The number of nitro groups is 1. The fourth-order valence-electron chi connectivity index (χ4n) is 2.05. The van der Waals surface area contributed by atoms with Crippen molar-refractivity contribution in [3.63, 3.8) is 0 Å². The molecule has 1 aromatic carbocycles. The van der Waals surface area contributed by atoms with Gasteiger partial charge in [-0.1, -0.05) is 29.8 Å². The topological polar surface area (TPSA) is 93.0 Å². The fraction of sp³-hybridized carbons (Fsp3) is 0.125. The average Bonchev–Trinajstić information content (AvgIpc) is 3.04. The van der Waals surface area contributed by atoms with Crippen molar-refractivity contribution in [2.24, 2.45) is 9.98 Å². The first kappa shape index (κ1) is 16.0. The van der Waals surface area contributed by atoms with Crippen LogP contribution in [0.1, 0.15) is 23.8 Å². The predicted octanol–water partition coefficient (Wildman–Crippen LogP) is 3.91. The van der Waals surface area contributed by atoms with Crippen LogP contribution < -0.4 is 4.72 Å². The highest BCUT2D eigenvalue weighted by molar-refractivity contribution is 8.02. The minimum absolute atomic E-state index is 0.291. The van der Waals surface area contributed by atoms with Gasteiger partial charge in [-0.25, -0.2) is 9.98 Å². The molecule has 1 aliphatic rings. The number of aliphatic imine (C=N–C) groups is 2. The summed E-state index contributed by atoms with van der Waals surface area (Å²) in [6.07, 6.45) is 1.40. The lowest BCUT2D eigenvalue weighted by atomic mass is 10.1. The molecular formula is C16H14N4O3S. The molecule has 3 rings (SSSR count). The first-order chi connectivity index (χ1) is 11.5. The van der Waals surface area contributed by atoms with Gasteiger partial charge in [-0.15, -0.1) is 0 Å². The lowest BCUT2D eigenvalue weighted by Crippen LogP contribution is -2.17. The highest BCUT2D eigenvalue weighted by Crippen LogP contribution is 2.29. The van der Waals surface area contributed by atoms with E-state index in [1.165, 1.54) is 35.9 Å². The third-order valence-electron chi connectivity index (χ3n) is 3.28. The van der Waals surface area contributed by atoms with Gasteiger partial charge in [0.25, 0.3) is 0 Å². The summed E-state index contributed by atoms with van der Waals surface area (Å²) in [5.41, 5.74) is 3.03. The van der Waals surface area contributed by atoms with E-state index < -0.39 is 4.92 Å². The molecule has 1 aromatic heterocycles. The molecule has 1 N–H and O–H groups in total. The van der Waals surface area contributed by atoms with E-state index in [0.29, 0.717) is 11.7 Å². The maximum atomic E-state index is 10.6. The molecule has 0 bridgehead atoms. The van der Waals surface area contributed by atoms with Gasteiger partial charge in [0.2, 0.25) is 5.96 Å². The average molecular weight is 342 g/mol. The summed E-state index contributed by atoms with van der Waals surface area (Å²) in [6, 6.07) is 10.9. The summed E-state index contributed by atoms with van der Waals surface area (Å²) in [7, 11) is 0. The van der Waals surface area contributed by atoms with E-state index in [4.69, 9.17) is 4.42 Å². The molecule has 0 unspecified atom stereocenters. The Kier molecular flexibility index (Phi) is 4.48. The van der Waals surface area contributed by atoms with E-state index in [0.717, 1.165) is 16.2 Å². The van der Waals surface area contributed by atoms with E-state index in [2.05, 4.69) is 14.7 Å². The minimum atomic E-state index is -0.592. The Morgan fingerprint density at radius 3 is 2.67 bits per heavy atom. The Bertz CT molecular complexity index is 866. The second-order valence-electron chi connectivity index (χ2n) is 5.10. The molecule has 1 aliphatic heterocycles. The van der Waals surface area contributed by atoms with Crippen molar-refractivity contribution < 1.29 is 9.34 Å². The molecule has 0 radical (unpaired) electrons. The summed E-state index contributed by atoms with van der Waals surface area (Å²) < 4.78 is 8.05. The predicted molar refractivity (Wildman–Crippen MR) is 94.9 cm³/mol. The number of nitrogens with one attached hydrogen (secondary N) is 1. The number of benzene rings is 1. The smallest absolute Gasteiger partial charge is 0.400 e. The van der Waals surface area contributed by atoms with Gasteiger partial charge in [-0.2, -0.15) is 0 Å². The lowest BCUT2D eigenvalue weighted by Gasteiger charge is -2.15. The third-order valence-corrected chi connectivity index (χ3v) is 4.06. The van der Waals surface area contributed by atoms with E-state index in [1.807, 2.05) is 38.1 Å². The molecule has 7 nitrogen and oxygen atoms in total. The Balaban J connectivity index is 1.83. The van der Waals surface area contributed by atoms with E-state index >= 15 is 0 Å². The molecule has 0 fully saturated rings. The number of hydrogen-bond donors (Lipinski definition) is 1. The fourth-order valence-corrected chi connectivity index (χ4v) is 2.65. The van der Waals surface area contributed by atoms with Crippen LogP contribution in [0, 0.1) is 17.0 Å². The standard InChI is InChI=1S/C16H14N4O3S/c1-10-3-5-12(6-4-10)15-11(2)24-19-16(18-15)17-9-13-7-8-14(23-13)20(21)22/h3-9H,1-2H3,(H,18,19)/b17-9+. The molecule has 0 spiro atoms. The molecule has 122 valence electrons. The van der Waals surface area contributed by atoms with Crippen molar-refractivity contribution in [1.29, 1.82) is 0 Å². The molecule has 8 heteroatoms. The highest BCUT2D eigenvalue weighted by Gasteiger charge is 2.14. The van der Waals surface area contributed by atoms with Gasteiger partial charge in [0.1, 0.15) is 4.92 Å². The summed E-state index contributed by atoms with van der Waals surface area (Å²) in [4.78, 5) is 19.8. The Hall–Kier alpha value is -2.87. The summed E-state index contributed by atoms with van der Waals surface area (Å²) in [5, 5.41) is 10.6. The number of hydrogen-bond acceptors (Lipinski definition) is 7. The normalized spacial score (nSPS) is 14.7. The van der Waals surface area contributed by atoms with Crippen LogP contribution in [0.2, 0.25) is 0 Å². The maximum Gasteiger partial charge on any atom is 0.433 e. The molecule has 0 atom stereocenters. The monoisotopic (exact) mass is 342 g/mol. The van der Waals surface area contributed by atoms with E-state index in [9.17, 15) is 10.1 Å². The molecule has 0 aliphatic carbocycles. The second kappa shape index (κ2) is 6.71. The number of rotatable bonds is 3. The van der Waals surface area contributed by atoms with Crippen molar-refractivity contribution in [3.05, 3.63) is 68.3 Å². The summed E-state index contributed by atoms with van der Waals surface area (Å²) in [6.45, 7) is 4.01. The number of nitrogens with zero attached hydrogens (tertiary/aromatic N) is 3. The van der Waals surface area contributed by atoms with Gasteiger partial charge in [0.05, 0.1) is 18.0 Å². The van der Waals surface area contributed by atoms with Crippen LogP contribution in [0.3, 0.4) is 0 Å². The number of aryl methyl sites for hydroxylation is 1. The molecule has 24 heavy (non-hydrogen) atoms. The lowest BCUT2D eigenvalue weighted by molar-refractivity contribution is -0.402. The highest BCUT2D eigenvalue weighted by atomic mass is 32.2. The zero-order chi connectivity index (χ0) is 17.1. The van der Waals surface area contributed by atoms with Gasteiger partial charge in [0, 0.05) is 10.5 Å². The van der Waals surface area contributed by atoms with Gasteiger partial charge in [-0.05, 0) is 31.9 Å². The van der Waals surface area contributed by atoms with Crippen molar-refractivity contribution >= 4 is 35.7 Å². The van der Waals surface area contributed by atoms with Gasteiger partial charge < -0.3 is 4.42 Å². The van der Waals surface area contributed by atoms with Crippen LogP contribution >= 0.6 is 11.9 Å². The number of guanidine groups is 1. The van der Waals surface area contributed by atoms with Gasteiger partial charge in [0.15, 0.2) is 5.76 Å².